The number of nitrogens with one attached hydrogen (secondary N) is 1. The number of hydrogen-bond acceptors (Lipinski definition) is 4. The molecule has 15 heavy (non-hydrogen) atoms. The molecule has 0 aromatic carbocycles. The molecule has 1 rings (SSSR count). The molecule has 0 aliphatic carbocycles. The van der Waals surface area contributed by atoms with Crippen molar-refractivity contribution in [1.29, 1.82) is 0 Å². The van der Waals surface area contributed by atoms with Gasteiger partial charge in [-0.05, 0) is 12.8 Å². The summed E-state index contributed by atoms with van der Waals surface area (Å²) in [5.41, 5.74) is 0. The van der Waals surface area contributed by atoms with E-state index in [1.807, 2.05) is 0 Å². The van der Waals surface area contributed by atoms with Gasteiger partial charge in [0.1, 0.15) is 6.10 Å². The van der Waals surface area contributed by atoms with E-state index in [0.29, 0.717) is 26.0 Å². The van der Waals surface area contributed by atoms with Crippen LogP contribution in [0.25, 0.3) is 0 Å². The first-order chi connectivity index (χ1) is 7.15. The Hall–Kier alpha value is -1.14. The minimum Gasteiger partial charge on any atom is -0.479 e. The highest BCUT2D eigenvalue weighted by Crippen LogP contribution is 2.19. The Balaban J connectivity index is 2.27. The smallest absolute Gasteiger partial charge is 0.332 e. The molecule has 6 nitrogen and oxygen atoms in total. The van der Waals surface area contributed by atoms with Crippen LogP contribution in [0.15, 0.2) is 0 Å². The van der Waals surface area contributed by atoms with Crippen LogP contribution >= 0.6 is 0 Å². The van der Waals surface area contributed by atoms with Crippen molar-refractivity contribution in [2.24, 2.45) is 0 Å². The summed E-state index contributed by atoms with van der Waals surface area (Å²) < 4.78 is 9.83. The molecular weight excluding hydrogens is 202 g/mol. The standard InChI is InChI=1S/C9H15NO5/c1-14-5-4-10-8(11)6-2-3-7(15-6)9(12)13/h6-7H,2-5H2,1H3,(H,10,11)(H,12,13). The van der Waals surface area contributed by atoms with Gasteiger partial charge in [0.25, 0.3) is 0 Å². The van der Waals surface area contributed by atoms with Crippen LogP contribution in [0.2, 0.25) is 0 Å². The molecule has 0 spiro atoms. The van der Waals surface area contributed by atoms with Crippen molar-refractivity contribution in [2.75, 3.05) is 20.3 Å². The molecule has 0 aromatic rings. The predicted octanol–water partition coefficient (Wildman–Crippen LogP) is -0.619. The summed E-state index contributed by atoms with van der Waals surface area (Å²) in [6, 6.07) is 0. The van der Waals surface area contributed by atoms with E-state index in [0.717, 1.165) is 0 Å². The number of carboxylic acids is 1. The molecule has 6 heteroatoms. The number of rotatable bonds is 5. The number of carbonyl (C=O) groups excluding carboxylic acids is 1. The van der Waals surface area contributed by atoms with Crippen LogP contribution in [-0.4, -0.2) is 49.5 Å². The molecule has 0 radical (unpaired) electrons. The third-order valence-corrected chi connectivity index (χ3v) is 2.19. The zero-order chi connectivity index (χ0) is 11.3. The Morgan fingerprint density at radius 2 is 2.13 bits per heavy atom. The van der Waals surface area contributed by atoms with E-state index in [9.17, 15) is 9.59 Å². The number of hydrogen-bond donors (Lipinski definition) is 2. The highest BCUT2D eigenvalue weighted by atomic mass is 16.5. The molecule has 2 N–H and O–H groups in total. The molecule has 0 bridgehead atoms. The number of amides is 1. The summed E-state index contributed by atoms with van der Waals surface area (Å²) in [4.78, 5) is 22.0. The Morgan fingerprint density at radius 1 is 1.47 bits per heavy atom. The predicted molar refractivity (Wildman–Crippen MR) is 50.4 cm³/mol. The van der Waals surface area contributed by atoms with Gasteiger partial charge in [-0.2, -0.15) is 0 Å². The highest BCUT2D eigenvalue weighted by molar-refractivity contribution is 5.82. The van der Waals surface area contributed by atoms with Crippen molar-refractivity contribution in [3.05, 3.63) is 0 Å². The fraction of sp³-hybridized carbons (Fsp3) is 0.778. The molecule has 2 unspecified atom stereocenters. The van der Waals surface area contributed by atoms with Crippen LogP contribution in [0.4, 0.5) is 0 Å². The lowest BCUT2D eigenvalue weighted by Gasteiger charge is -2.11. The molecular formula is C9H15NO5. The largest absolute Gasteiger partial charge is 0.479 e. The lowest BCUT2D eigenvalue weighted by atomic mass is 10.2. The fourth-order valence-electron chi connectivity index (χ4n) is 1.40. The van der Waals surface area contributed by atoms with E-state index in [4.69, 9.17) is 14.6 Å². The van der Waals surface area contributed by atoms with Gasteiger partial charge < -0.3 is 19.9 Å². The molecule has 1 aliphatic heterocycles. The Bertz CT molecular complexity index is 243. The number of methoxy groups -OCH3 is 1. The minimum atomic E-state index is -1.01. The Labute approximate surface area is 87.5 Å². The van der Waals surface area contributed by atoms with Crippen LogP contribution in [0.3, 0.4) is 0 Å². The minimum absolute atomic E-state index is 0.268. The van der Waals surface area contributed by atoms with Crippen LogP contribution < -0.4 is 5.32 Å². The summed E-state index contributed by atoms with van der Waals surface area (Å²) >= 11 is 0. The molecule has 1 fully saturated rings. The number of carboxylic acid groups (broad SMARTS) is 1. The zero-order valence-corrected chi connectivity index (χ0v) is 8.56. The SMILES string of the molecule is COCCNC(=O)C1CCC(C(=O)O)O1. The van der Waals surface area contributed by atoms with Gasteiger partial charge in [0.15, 0.2) is 6.10 Å². The first kappa shape index (κ1) is 11.9. The summed E-state index contributed by atoms with van der Waals surface area (Å²) in [6.07, 6.45) is -0.640. The van der Waals surface area contributed by atoms with E-state index in [1.54, 1.807) is 7.11 Å². The third-order valence-electron chi connectivity index (χ3n) is 2.19. The number of aliphatic carboxylic acids is 1. The van der Waals surface area contributed by atoms with Gasteiger partial charge in [-0.15, -0.1) is 0 Å². The van der Waals surface area contributed by atoms with Crippen LogP contribution in [0.5, 0.6) is 0 Å². The maximum absolute atomic E-state index is 11.4. The maximum atomic E-state index is 11.4. The summed E-state index contributed by atoms with van der Waals surface area (Å²) in [5.74, 6) is -1.28. The Morgan fingerprint density at radius 3 is 2.67 bits per heavy atom. The molecule has 1 heterocycles. The monoisotopic (exact) mass is 217 g/mol. The average molecular weight is 217 g/mol. The lowest BCUT2D eigenvalue weighted by molar-refractivity contribution is -0.151. The second-order valence-electron chi connectivity index (χ2n) is 3.31. The van der Waals surface area contributed by atoms with Crippen molar-refractivity contribution in [2.45, 2.75) is 25.0 Å². The van der Waals surface area contributed by atoms with Crippen molar-refractivity contribution >= 4 is 11.9 Å². The van der Waals surface area contributed by atoms with E-state index in [-0.39, 0.29) is 5.91 Å². The fourth-order valence-corrected chi connectivity index (χ4v) is 1.40. The van der Waals surface area contributed by atoms with Gasteiger partial charge in [0.2, 0.25) is 5.91 Å². The zero-order valence-electron chi connectivity index (χ0n) is 8.56. The average Bonchev–Trinajstić information content (AvgIpc) is 2.66. The van der Waals surface area contributed by atoms with Gasteiger partial charge in [0.05, 0.1) is 6.61 Å². The van der Waals surface area contributed by atoms with Gasteiger partial charge >= 0.3 is 5.97 Å². The summed E-state index contributed by atoms with van der Waals surface area (Å²) in [5, 5.41) is 11.3. The molecule has 1 saturated heterocycles. The van der Waals surface area contributed by atoms with E-state index >= 15 is 0 Å². The number of carbonyl (C=O) groups is 2. The van der Waals surface area contributed by atoms with Crippen molar-refractivity contribution < 1.29 is 24.2 Å². The first-order valence-corrected chi connectivity index (χ1v) is 4.80. The third kappa shape index (κ3) is 3.49. The summed E-state index contributed by atoms with van der Waals surface area (Å²) in [6.45, 7) is 0.841. The van der Waals surface area contributed by atoms with Crippen LogP contribution in [-0.2, 0) is 19.1 Å². The van der Waals surface area contributed by atoms with Gasteiger partial charge in [-0.3, -0.25) is 4.79 Å². The second kappa shape index (κ2) is 5.67. The van der Waals surface area contributed by atoms with Crippen LogP contribution in [0, 0.1) is 0 Å². The first-order valence-electron chi connectivity index (χ1n) is 4.80. The molecule has 1 aliphatic rings. The molecule has 1 amide bonds. The van der Waals surface area contributed by atoms with E-state index in [2.05, 4.69) is 5.32 Å². The maximum Gasteiger partial charge on any atom is 0.332 e. The van der Waals surface area contributed by atoms with Crippen molar-refractivity contribution in [3.8, 4) is 0 Å². The lowest BCUT2D eigenvalue weighted by Crippen LogP contribution is -2.37. The summed E-state index contributed by atoms with van der Waals surface area (Å²) in [7, 11) is 1.54. The van der Waals surface area contributed by atoms with E-state index in [1.165, 1.54) is 0 Å². The molecule has 0 saturated carbocycles. The number of ether oxygens (including phenoxy) is 2. The quantitative estimate of drug-likeness (QED) is 0.599. The second-order valence-corrected chi connectivity index (χ2v) is 3.31. The molecule has 0 aromatic heterocycles. The normalized spacial score (nSPS) is 25.1. The van der Waals surface area contributed by atoms with E-state index < -0.39 is 18.2 Å². The molecule has 86 valence electrons. The Kier molecular flexibility index (Phi) is 4.51. The van der Waals surface area contributed by atoms with Crippen molar-refractivity contribution in [1.82, 2.24) is 5.32 Å². The highest BCUT2D eigenvalue weighted by Gasteiger charge is 2.34. The molecule has 2 atom stereocenters. The van der Waals surface area contributed by atoms with Crippen LogP contribution in [0.1, 0.15) is 12.8 Å². The van der Waals surface area contributed by atoms with Gasteiger partial charge in [-0.1, -0.05) is 0 Å². The topological polar surface area (TPSA) is 84.9 Å². The van der Waals surface area contributed by atoms with Gasteiger partial charge in [0, 0.05) is 13.7 Å². The van der Waals surface area contributed by atoms with Gasteiger partial charge in [-0.25, -0.2) is 4.79 Å². The van der Waals surface area contributed by atoms with Crippen molar-refractivity contribution in [3.63, 3.8) is 0 Å².